The molecular weight excluding hydrogens is 394 g/mol. The minimum absolute atomic E-state index is 0. The van der Waals surface area contributed by atoms with E-state index in [4.69, 9.17) is 72.6 Å². The molecule has 1 aromatic rings. The number of aliphatic carboxylic acids is 1. The van der Waals surface area contributed by atoms with E-state index in [1.807, 2.05) is 0 Å². The molecule has 2 rings (SSSR count). The number of nitrogens with zero attached hydrogens (tertiary/aromatic N) is 1. The third-order valence-electron chi connectivity index (χ3n) is 1.77. The Kier molecular flexibility index (Phi) is 15.6. The van der Waals surface area contributed by atoms with Crippen molar-refractivity contribution >= 4 is 64.0 Å². The molecule has 1 aromatic heterocycles. The monoisotopic (exact) mass is 403 g/mol. The van der Waals surface area contributed by atoms with E-state index in [1.54, 1.807) is 0 Å². The van der Waals surface area contributed by atoms with Crippen LogP contribution in [0.1, 0.15) is 19.8 Å². The SMILES string of the molecule is C1CCOC1.CC(=O)[O-].Clc1nc(Cl)c(Cl)c(Cl)c1Cl.[Na+]. The largest absolute Gasteiger partial charge is 1.00 e. The molecule has 1 aliphatic rings. The molecule has 1 aliphatic heterocycles. The van der Waals surface area contributed by atoms with Crippen molar-refractivity contribution in [2.24, 2.45) is 0 Å². The first-order valence-electron chi connectivity index (χ1n) is 5.38. The average molecular weight is 405 g/mol. The minimum Gasteiger partial charge on any atom is -0.550 e. The summed E-state index contributed by atoms with van der Waals surface area (Å²) in [4.78, 5) is 12.5. The van der Waals surface area contributed by atoms with Gasteiger partial charge in [0.2, 0.25) is 0 Å². The molecule has 1 fully saturated rings. The first-order chi connectivity index (χ1) is 9.27. The van der Waals surface area contributed by atoms with Crippen molar-refractivity contribution in [3.05, 3.63) is 25.4 Å². The maximum absolute atomic E-state index is 8.89. The Morgan fingerprint density at radius 1 is 1.00 bits per heavy atom. The standard InChI is InChI=1S/C5Cl5N.C4H8O.C2H4O2.Na/c6-1-2(7)4(9)11-5(10)3(1)8;1-2-4-5-3-1;1-2(3)4;/h;1-4H2;1H3,(H,3,4);/q;;;+1/p-1. The molecule has 0 N–H and O–H groups in total. The number of aromatic nitrogens is 1. The smallest absolute Gasteiger partial charge is 0.550 e. The van der Waals surface area contributed by atoms with Crippen LogP contribution in [-0.2, 0) is 9.53 Å². The van der Waals surface area contributed by atoms with Crippen LogP contribution in [0.3, 0.4) is 0 Å². The molecule has 114 valence electrons. The van der Waals surface area contributed by atoms with Gasteiger partial charge >= 0.3 is 29.6 Å². The van der Waals surface area contributed by atoms with E-state index in [0.29, 0.717) is 0 Å². The second kappa shape index (κ2) is 13.5. The second-order valence-electron chi connectivity index (χ2n) is 3.45. The van der Waals surface area contributed by atoms with Gasteiger partial charge in [-0.3, -0.25) is 0 Å². The number of carbonyl (C=O) groups excluding carboxylic acids is 1. The number of hydrogen-bond donors (Lipinski definition) is 0. The number of carbonyl (C=O) groups is 1. The molecular formula is C11H11Cl5NNaO3. The zero-order chi connectivity index (χ0) is 15.7. The minimum atomic E-state index is -1.08. The van der Waals surface area contributed by atoms with Gasteiger partial charge in [-0.2, -0.15) is 0 Å². The van der Waals surface area contributed by atoms with E-state index >= 15 is 0 Å². The van der Waals surface area contributed by atoms with Crippen molar-refractivity contribution in [3.8, 4) is 0 Å². The fourth-order valence-electron chi connectivity index (χ4n) is 0.972. The Balaban J connectivity index is 0. The van der Waals surface area contributed by atoms with Crippen molar-refractivity contribution in [1.29, 1.82) is 0 Å². The molecule has 2 heterocycles. The van der Waals surface area contributed by atoms with Crippen LogP contribution in [0.4, 0.5) is 0 Å². The van der Waals surface area contributed by atoms with Gasteiger partial charge in [0.15, 0.2) is 10.3 Å². The van der Waals surface area contributed by atoms with Crippen LogP contribution >= 0.6 is 58.0 Å². The van der Waals surface area contributed by atoms with Crippen LogP contribution in [-0.4, -0.2) is 24.2 Å². The van der Waals surface area contributed by atoms with Crippen LogP contribution in [0, 0.1) is 0 Å². The maximum Gasteiger partial charge on any atom is 1.00 e. The Bertz CT molecular complexity index is 420. The number of rotatable bonds is 0. The third-order valence-corrected chi connectivity index (χ3v) is 3.82. The summed E-state index contributed by atoms with van der Waals surface area (Å²) < 4.78 is 4.94. The van der Waals surface area contributed by atoms with Gasteiger partial charge in [-0.1, -0.05) is 58.0 Å². The van der Waals surface area contributed by atoms with Crippen LogP contribution in [0.2, 0.25) is 25.4 Å². The van der Waals surface area contributed by atoms with Gasteiger partial charge in [-0.05, 0) is 19.8 Å². The van der Waals surface area contributed by atoms with Crippen LogP contribution in [0.15, 0.2) is 0 Å². The van der Waals surface area contributed by atoms with Crippen LogP contribution < -0.4 is 34.7 Å². The molecule has 0 aliphatic carbocycles. The molecule has 0 radical (unpaired) electrons. The van der Waals surface area contributed by atoms with Gasteiger partial charge < -0.3 is 14.6 Å². The fourth-order valence-corrected chi connectivity index (χ4v) is 1.97. The molecule has 0 amide bonds. The van der Waals surface area contributed by atoms with Crippen LogP contribution in [0.5, 0.6) is 0 Å². The summed E-state index contributed by atoms with van der Waals surface area (Å²) in [6.07, 6.45) is 2.56. The summed E-state index contributed by atoms with van der Waals surface area (Å²) in [5.74, 6) is -1.08. The molecule has 0 atom stereocenters. The number of ether oxygens (including phenoxy) is 1. The summed E-state index contributed by atoms with van der Waals surface area (Å²) in [5, 5.41) is 9.33. The summed E-state index contributed by atoms with van der Waals surface area (Å²) in [7, 11) is 0. The Morgan fingerprint density at radius 3 is 1.57 bits per heavy atom. The molecule has 0 spiro atoms. The summed E-state index contributed by atoms with van der Waals surface area (Å²) in [6.45, 7) is 2.97. The first kappa shape index (κ1) is 24.3. The van der Waals surface area contributed by atoms with Crippen LogP contribution in [0.25, 0.3) is 0 Å². The van der Waals surface area contributed by atoms with Crippen molar-refractivity contribution in [2.45, 2.75) is 19.8 Å². The second-order valence-corrected chi connectivity index (χ2v) is 5.30. The third kappa shape index (κ3) is 11.2. The zero-order valence-electron chi connectivity index (χ0n) is 11.4. The van der Waals surface area contributed by atoms with E-state index in [-0.39, 0.29) is 54.9 Å². The van der Waals surface area contributed by atoms with E-state index in [2.05, 4.69) is 4.98 Å². The van der Waals surface area contributed by atoms with E-state index < -0.39 is 5.97 Å². The molecule has 1 saturated heterocycles. The molecule has 21 heavy (non-hydrogen) atoms. The Labute approximate surface area is 170 Å². The first-order valence-corrected chi connectivity index (χ1v) is 7.27. The van der Waals surface area contributed by atoms with Gasteiger partial charge in [0, 0.05) is 19.2 Å². The van der Waals surface area contributed by atoms with Gasteiger partial charge in [0.1, 0.15) is 0 Å². The van der Waals surface area contributed by atoms with E-state index in [9.17, 15) is 0 Å². The topological polar surface area (TPSA) is 62.2 Å². The molecule has 0 bridgehead atoms. The number of carboxylic acids is 1. The number of hydrogen-bond acceptors (Lipinski definition) is 4. The normalized spacial score (nSPS) is 12.3. The van der Waals surface area contributed by atoms with E-state index in [0.717, 1.165) is 20.1 Å². The van der Waals surface area contributed by atoms with Crippen molar-refractivity contribution in [3.63, 3.8) is 0 Å². The van der Waals surface area contributed by atoms with Gasteiger partial charge in [-0.15, -0.1) is 0 Å². The van der Waals surface area contributed by atoms with Crippen molar-refractivity contribution < 1.29 is 44.2 Å². The van der Waals surface area contributed by atoms with E-state index in [1.165, 1.54) is 12.8 Å². The maximum atomic E-state index is 8.89. The number of pyridine rings is 1. The van der Waals surface area contributed by atoms with Crippen molar-refractivity contribution in [1.82, 2.24) is 4.98 Å². The molecule has 0 aromatic carbocycles. The predicted octanol–water partition coefficient (Wildman–Crippen LogP) is 0.906. The number of carboxylic acid groups (broad SMARTS) is 1. The molecule has 0 unspecified atom stereocenters. The molecule has 4 nitrogen and oxygen atoms in total. The summed E-state index contributed by atoms with van der Waals surface area (Å²) in [5.41, 5.74) is 0. The summed E-state index contributed by atoms with van der Waals surface area (Å²) >= 11 is 27.8. The zero-order valence-corrected chi connectivity index (χ0v) is 17.2. The van der Waals surface area contributed by atoms with Gasteiger partial charge in [0.05, 0.1) is 15.1 Å². The summed E-state index contributed by atoms with van der Waals surface area (Å²) in [6, 6.07) is 0. The predicted molar refractivity (Wildman–Crippen MR) is 80.0 cm³/mol. The van der Waals surface area contributed by atoms with Gasteiger partial charge in [-0.25, -0.2) is 4.98 Å². The van der Waals surface area contributed by atoms with Gasteiger partial charge in [0.25, 0.3) is 0 Å². The average Bonchev–Trinajstić information content (AvgIpc) is 2.92. The number of halogens is 5. The molecule has 10 heteroatoms. The molecule has 0 saturated carbocycles. The quantitative estimate of drug-likeness (QED) is 0.476. The Hall–Kier alpha value is 1.03. The van der Waals surface area contributed by atoms with Crippen molar-refractivity contribution in [2.75, 3.05) is 13.2 Å². The fraction of sp³-hybridized carbons (Fsp3) is 0.455. The Morgan fingerprint density at radius 2 is 1.33 bits per heavy atom.